The van der Waals surface area contributed by atoms with E-state index in [-0.39, 0.29) is 0 Å². The third kappa shape index (κ3) is 6.02. The van der Waals surface area contributed by atoms with Crippen LogP contribution in [0.1, 0.15) is 0 Å². The van der Waals surface area contributed by atoms with Gasteiger partial charge in [-0.1, -0.05) is 158 Å². The van der Waals surface area contributed by atoms with Crippen LogP contribution in [0, 0.1) is 0 Å². The lowest BCUT2D eigenvalue weighted by Gasteiger charge is -2.16. The molecule has 0 atom stereocenters. The summed E-state index contributed by atoms with van der Waals surface area (Å²) in [5, 5.41) is 3.22. The van der Waals surface area contributed by atoms with E-state index >= 15 is 0 Å². The van der Waals surface area contributed by atoms with Crippen LogP contribution >= 0.6 is 0 Å². The lowest BCUT2D eigenvalue weighted by molar-refractivity contribution is 0.667. The number of furan rings is 1. The molecule has 12 rings (SSSR count). The highest BCUT2D eigenvalue weighted by Gasteiger charge is 2.24. The zero-order valence-electron chi connectivity index (χ0n) is 33.2. The van der Waals surface area contributed by atoms with Gasteiger partial charge in [0.15, 0.2) is 28.9 Å². The topological polar surface area (TPSA) is 82.5 Å². The van der Waals surface area contributed by atoms with E-state index in [4.69, 9.17) is 29.3 Å². The Labute approximate surface area is 356 Å². The normalized spacial score (nSPS) is 11.5. The summed E-state index contributed by atoms with van der Waals surface area (Å²) in [5.74, 6) is 2.32. The molecule has 290 valence electrons. The van der Waals surface area contributed by atoms with Crippen LogP contribution in [-0.2, 0) is 0 Å². The highest BCUT2D eigenvalue weighted by Crippen LogP contribution is 2.42. The van der Waals surface area contributed by atoms with Gasteiger partial charge in [-0.05, 0) is 59.7 Å². The Kier molecular flexibility index (Phi) is 8.35. The van der Waals surface area contributed by atoms with Crippen molar-refractivity contribution >= 4 is 43.9 Å². The predicted molar refractivity (Wildman–Crippen MR) is 250 cm³/mol. The number of aromatic nitrogens is 6. The van der Waals surface area contributed by atoms with Gasteiger partial charge < -0.3 is 8.98 Å². The van der Waals surface area contributed by atoms with Gasteiger partial charge in [0.1, 0.15) is 16.8 Å². The van der Waals surface area contributed by atoms with E-state index in [1.54, 1.807) is 0 Å². The Morgan fingerprint density at radius 2 is 0.839 bits per heavy atom. The van der Waals surface area contributed by atoms with Crippen LogP contribution in [0.15, 0.2) is 211 Å². The molecule has 62 heavy (non-hydrogen) atoms. The van der Waals surface area contributed by atoms with E-state index in [9.17, 15) is 0 Å². The summed E-state index contributed by atoms with van der Waals surface area (Å²) in [5.41, 5.74) is 12.5. The average molecular weight is 795 g/mol. The van der Waals surface area contributed by atoms with Crippen LogP contribution in [0.3, 0.4) is 0 Å². The Morgan fingerprint density at radius 1 is 0.339 bits per heavy atom. The van der Waals surface area contributed by atoms with E-state index < -0.39 is 0 Å². The summed E-state index contributed by atoms with van der Waals surface area (Å²) in [6, 6.07) is 70.5. The monoisotopic (exact) mass is 794 g/mol. The van der Waals surface area contributed by atoms with E-state index in [1.807, 2.05) is 109 Å². The fourth-order valence-electron chi connectivity index (χ4n) is 8.53. The Hall–Kier alpha value is -8.55. The quantitative estimate of drug-likeness (QED) is 0.160. The molecule has 0 spiro atoms. The van der Waals surface area contributed by atoms with Crippen LogP contribution in [-0.4, -0.2) is 29.5 Å². The molecule has 0 radical (unpaired) electrons. The average Bonchev–Trinajstić information content (AvgIpc) is 3.90. The van der Waals surface area contributed by atoms with Crippen molar-refractivity contribution in [2.24, 2.45) is 0 Å². The maximum Gasteiger partial charge on any atom is 0.180 e. The second-order valence-electron chi connectivity index (χ2n) is 15.3. The smallest absolute Gasteiger partial charge is 0.180 e. The highest BCUT2D eigenvalue weighted by atomic mass is 16.3. The number of hydrogen-bond donors (Lipinski definition) is 0. The number of rotatable bonds is 7. The summed E-state index contributed by atoms with van der Waals surface area (Å²) in [4.78, 5) is 25.9. The maximum absolute atomic E-state index is 6.76. The fraction of sp³-hybridized carbons (Fsp3) is 0. The van der Waals surface area contributed by atoms with Crippen molar-refractivity contribution in [2.75, 3.05) is 0 Å². The van der Waals surface area contributed by atoms with Gasteiger partial charge in [0, 0.05) is 44.0 Å². The van der Waals surface area contributed by atoms with Crippen LogP contribution < -0.4 is 0 Å². The van der Waals surface area contributed by atoms with Crippen LogP contribution in [0.4, 0.5) is 0 Å². The summed E-state index contributed by atoms with van der Waals surface area (Å²) in [6.45, 7) is 0. The Morgan fingerprint density at radius 3 is 1.48 bits per heavy atom. The van der Waals surface area contributed by atoms with Crippen molar-refractivity contribution in [1.82, 2.24) is 29.5 Å². The summed E-state index contributed by atoms with van der Waals surface area (Å²) < 4.78 is 9.11. The molecule has 12 aromatic rings. The van der Waals surface area contributed by atoms with Crippen molar-refractivity contribution in [3.63, 3.8) is 0 Å². The van der Waals surface area contributed by atoms with E-state index in [1.165, 1.54) is 5.56 Å². The molecule has 0 N–H and O–H groups in total. The van der Waals surface area contributed by atoms with Crippen LogP contribution in [0.5, 0.6) is 0 Å². The van der Waals surface area contributed by atoms with Crippen molar-refractivity contribution in [3.8, 4) is 73.6 Å². The maximum atomic E-state index is 6.76. The third-order valence-corrected chi connectivity index (χ3v) is 11.5. The summed E-state index contributed by atoms with van der Waals surface area (Å²) >= 11 is 0. The summed E-state index contributed by atoms with van der Waals surface area (Å²) in [7, 11) is 0. The molecule has 0 saturated carbocycles. The molecule has 0 unspecified atom stereocenters. The minimum absolute atomic E-state index is 0.540. The Balaban J connectivity index is 1.17. The number of nitrogens with zero attached hydrogens (tertiary/aromatic N) is 6. The molecule has 7 heteroatoms. The van der Waals surface area contributed by atoms with Gasteiger partial charge in [-0.2, -0.15) is 0 Å². The fourth-order valence-corrected chi connectivity index (χ4v) is 8.53. The molecule has 0 aliphatic carbocycles. The van der Waals surface area contributed by atoms with Gasteiger partial charge in [0.2, 0.25) is 0 Å². The van der Waals surface area contributed by atoms with E-state index in [2.05, 4.69) is 102 Å². The molecular formula is C55H34N6O. The largest absolute Gasteiger partial charge is 0.452 e. The van der Waals surface area contributed by atoms with Crippen molar-refractivity contribution < 1.29 is 4.42 Å². The lowest BCUT2D eigenvalue weighted by atomic mass is 10.0. The van der Waals surface area contributed by atoms with Gasteiger partial charge in [-0.15, -0.1) is 0 Å². The molecule has 7 nitrogen and oxygen atoms in total. The Bertz CT molecular complexity index is 3560. The molecule has 0 amide bonds. The number of benzene rings is 8. The molecule has 0 bridgehead atoms. The van der Waals surface area contributed by atoms with Gasteiger partial charge in [-0.25, -0.2) is 24.9 Å². The lowest BCUT2D eigenvalue weighted by Crippen LogP contribution is -2.03. The van der Waals surface area contributed by atoms with Crippen molar-refractivity contribution in [3.05, 3.63) is 206 Å². The number of para-hydroxylation sites is 2. The number of fused-ring (bicyclic) bond motifs is 6. The van der Waals surface area contributed by atoms with Crippen LogP contribution in [0.2, 0.25) is 0 Å². The first kappa shape index (κ1) is 35.4. The molecule has 8 aromatic carbocycles. The third-order valence-electron chi connectivity index (χ3n) is 11.5. The standard InChI is InChI=1S/C55H34N6O/c1-5-17-35(18-6-1)39-29-31-46-43(33-39)41-25-13-15-27-45(41)61(46)47-32-30-40(55-59-53(37-21-9-3-10-22-37)58-54(60-55)38-23-11-4-12-24-38)34-44(47)50-51-49(42-26-14-16-28-48(42)62-51)56-52(57-50)36-19-7-2-8-20-36/h1-34H. The molecule has 0 fully saturated rings. The van der Waals surface area contributed by atoms with E-state index in [0.29, 0.717) is 34.6 Å². The summed E-state index contributed by atoms with van der Waals surface area (Å²) in [6.07, 6.45) is 0. The second-order valence-corrected chi connectivity index (χ2v) is 15.3. The first-order chi connectivity index (χ1) is 30.7. The SMILES string of the molecule is c1ccc(-c2ccc3c(c2)c2ccccc2n3-c2ccc(-c3nc(-c4ccccc4)nc(-c4ccccc4)n3)cc2-c2nc(-c3ccccc3)nc3c2oc2ccccc23)cc1. The second kappa shape index (κ2) is 14.6. The molecular weight excluding hydrogens is 761 g/mol. The van der Waals surface area contributed by atoms with Crippen molar-refractivity contribution in [2.45, 2.75) is 0 Å². The van der Waals surface area contributed by atoms with Gasteiger partial charge in [0.05, 0.1) is 16.7 Å². The molecule has 0 aliphatic heterocycles. The minimum atomic E-state index is 0.540. The molecule has 4 heterocycles. The zero-order chi connectivity index (χ0) is 41.0. The minimum Gasteiger partial charge on any atom is -0.452 e. The molecule has 0 aliphatic rings. The highest BCUT2D eigenvalue weighted by molar-refractivity contribution is 6.12. The van der Waals surface area contributed by atoms with Crippen LogP contribution in [0.25, 0.3) is 117 Å². The van der Waals surface area contributed by atoms with Crippen molar-refractivity contribution in [1.29, 1.82) is 0 Å². The van der Waals surface area contributed by atoms with Gasteiger partial charge in [0.25, 0.3) is 0 Å². The first-order valence-corrected chi connectivity index (χ1v) is 20.6. The molecule has 0 saturated heterocycles. The molecule has 4 aromatic heterocycles. The predicted octanol–water partition coefficient (Wildman–Crippen LogP) is 13.7. The van der Waals surface area contributed by atoms with Gasteiger partial charge >= 0.3 is 0 Å². The number of hydrogen-bond acceptors (Lipinski definition) is 6. The van der Waals surface area contributed by atoms with Gasteiger partial charge in [-0.3, -0.25) is 0 Å². The zero-order valence-corrected chi connectivity index (χ0v) is 33.2. The van der Waals surface area contributed by atoms with E-state index in [0.717, 1.165) is 77.4 Å². The first-order valence-electron chi connectivity index (χ1n) is 20.6.